The first-order valence-corrected chi connectivity index (χ1v) is 9.29. The number of esters is 1. The van der Waals surface area contributed by atoms with Gasteiger partial charge in [0.25, 0.3) is 17.5 Å². The van der Waals surface area contributed by atoms with Crippen molar-refractivity contribution >= 4 is 46.5 Å². The van der Waals surface area contributed by atoms with Gasteiger partial charge in [0.1, 0.15) is 11.6 Å². The first kappa shape index (κ1) is 23.5. The zero-order valence-electron chi connectivity index (χ0n) is 16.5. The smallest absolute Gasteiger partial charge is 0.326 e. The highest BCUT2D eigenvalue weighted by molar-refractivity contribution is 6.32. The van der Waals surface area contributed by atoms with Crippen molar-refractivity contribution in [2.45, 2.75) is 20.0 Å². The zero-order chi connectivity index (χ0) is 23.1. The van der Waals surface area contributed by atoms with Crippen molar-refractivity contribution in [3.05, 3.63) is 68.7 Å². The quantitative estimate of drug-likeness (QED) is 0.274. The maximum absolute atomic E-state index is 12.1. The van der Waals surface area contributed by atoms with Crippen molar-refractivity contribution < 1.29 is 28.8 Å². The highest BCUT2D eigenvalue weighted by atomic mass is 35.5. The summed E-state index contributed by atoms with van der Waals surface area (Å²) >= 11 is 5.69. The van der Waals surface area contributed by atoms with Crippen LogP contribution in [0, 0.1) is 10.1 Å². The monoisotopic (exact) mass is 447 g/mol. The lowest BCUT2D eigenvalue weighted by atomic mass is 10.1. The lowest BCUT2D eigenvalue weighted by Gasteiger charge is -2.14. The third-order valence-corrected chi connectivity index (χ3v) is 4.35. The van der Waals surface area contributed by atoms with Gasteiger partial charge in [-0.05, 0) is 50.2 Å². The molecule has 162 valence electrons. The van der Waals surface area contributed by atoms with Crippen molar-refractivity contribution in [3.8, 4) is 0 Å². The molecule has 31 heavy (non-hydrogen) atoms. The largest absolute Gasteiger partial charge is 0.451 e. The highest BCUT2D eigenvalue weighted by Crippen LogP contribution is 2.24. The van der Waals surface area contributed by atoms with Gasteiger partial charge in [-0.2, -0.15) is 0 Å². The van der Waals surface area contributed by atoms with E-state index >= 15 is 0 Å². The summed E-state index contributed by atoms with van der Waals surface area (Å²) in [7, 11) is 0. The van der Waals surface area contributed by atoms with E-state index in [1.807, 2.05) is 0 Å². The number of anilines is 1. The Labute approximate surface area is 181 Å². The average molecular weight is 448 g/mol. The number of hydrogen-bond donors (Lipinski definition) is 2. The minimum atomic E-state index is -1.16. The number of ketones is 1. The summed E-state index contributed by atoms with van der Waals surface area (Å²) in [6, 6.07) is 9.61. The fourth-order valence-corrected chi connectivity index (χ4v) is 2.56. The molecule has 11 heteroatoms. The van der Waals surface area contributed by atoms with E-state index in [4.69, 9.17) is 16.3 Å². The maximum atomic E-state index is 12.1. The number of hydrogen-bond acceptors (Lipinski definition) is 7. The van der Waals surface area contributed by atoms with Crippen LogP contribution in [0.3, 0.4) is 0 Å². The topological polar surface area (TPSA) is 145 Å². The lowest BCUT2D eigenvalue weighted by molar-refractivity contribution is -0.384. The summed E-state index contributed by atoms with van der Waals surface area (Å²) < 4.78 is 4.96. The molecule has 0 radical (unpaired) electrons. The number of rotatable bonds is 8. The van der Waals surface area contributed by atoms with Crippen molar-refractivity contribution in [2.75, 3.05) is 11.9 Å². The van der Waals surface area contributed by atoms with Crippen molar-refractivity contribution in [1.29, 1.82) is 0 Å². The van der Waals surface area contributed by atoms with Crippen molar-refractivity contribution in [3.63, 3.8) is 0 Å². The Balaban J connectivity index is 1.86. The number of ether oxygens (including phenoxy) is 1. The Morgan fingerprint density at radius 2 is 1.71 bits per heavy atom. The number of nitrogens with one attached hydrogen (secondary N) is 2. The molecule has 10 nitrogen and oxygen atoms in total. The summed E-state index contributed by atoms with van der Waals surface area (Å²) in [5.74, 6) is -2.36. The molecule has 0 aliphatic carbocycles. The third kappa shape index (κ3) is 6.61. The Bertz CT molecular complexity index is 1040. The van der Waals surface area contributed by atoms with E-state index in [1.54, 1.807) is 12.1 Å². The number of carbonyl (C=O) groups excluding carboxylic acids is 4. The predicted octanol–water partition coefficient (Wildman–Crippen LogP) is 2.75. The summed E-state index contributed by atoms with van der Waals surface area (Å²) in [5.41, 5.74) is 0.386. The fraction of sp³-hybridized carbons (Fsp3) is 0.200. The van der Waals surface area contributed by atoms with Gasteiger partial charge < -0.3 is 15.4 Å². The molecule has 0 saturated carbocycles. The Hall–Kier alpha value is -3.79. The Morgan fingerprint density at radius 3 is 2.29 bits per heavy atom. The summed E-state index contributed by atoms with van der Waals surface area (Å²) in [4.78, 5) is 57.5. The second-order valence-corrected chi connectivity index (χ2v) is 6.77. The van der Waals surface area contributed by atoms with Gasteiger partial charge in [0.15, 0.2) is 11.9 Å². The molecule has 0 heterocycles. The van der Waals surface area contributed by atoms with Gasteiger partial charge in [-0.15, -0.1) is 0 Å². The van der Waals surface area contributed by atoms with E-state index in [9.17, 15) is 29.3 Å². The minimum absolute atomic E-state index is 0.0660. The van der Waals surface area contributed by atoms with Crippen LogP contribution in [0.2, 0.25) is 5.02 Å². The molecule has 1 unspecified atom stereocenters. The van der Waals surface area contributed by atoms with Crippen LogP contribution >= 0.6 is 11.6 Å². The number of benzene rings is 2. The zero-order valence-corrected chi connectivity index (χ0v) is 17.3. The number of nitro groups is 1. The number of nitrogens with zero attached hydrogens (tertiary/aromatic N) is 1. The van der Waals surface area contributed by atoms with Crippen LogP contribution in [0.4, 0.5) is 11.4 Å². The fourth-order valence-electron chi connectivity index (χ4n) is 2.37. The van der Waals surface area contributed by atoms with Gasteiger partial charge in [0.05, 0.1) is 4.92 Å². The van der Waals surface area contributed by atoms with E-state index in [-0.39, 0.29) is 16.4 Å². The Morgan fingerprint density at radius 1 is 1.10 bits per heavy atom. The van der Waals surface area contributed by atoms with Crippen molar-refractivity contribution in [2.24, 2.45) is 0 Å². The second kappa shape index (κ2) is 10.3. The van der Waals surface area contributed by atoms with E-state index in [2.05, 4.69) is 10.6 Å². The molecule has 0 saturated heterocycles. The van der Waals surface area contributed by atoms with Gasteiger partial charge in [-0.25, -0.2) is 0 Å². The molecular weight excluding hydrogens is 430 g/mol. The number of halogens is 1. The molecule has 2 aromatic carbocycles. The molecule has 0 bridgehead atoms. The summed E-state index contributed by atoms with van der Waals surface area (Å²) in [6.45, 7) is 2.21. The first-order chi connectivity index (χ1) is 14.6. The number of nitro benzene ring substituents is 1. The molecule has 1 atom stereocenters. The average Bonchev–Trinajstić information content (AvgIpc) is 2.72. The summed E-state index contributed by atoms with van der Waals surface area (Å²) in [6.07, 6.45) is -1.16. The minimum Gasteiger partial charge on any atom is -0.451 e. The normalized spacial score (nSPS) is 11.2. The van der Waals surface area contributed by atoms with Gasteiger partial charge in [-0.1, -0.05) is 11.6 Å². The number of amides is 2. The molecule has 2 N–H and O–H groups in total. The molecule has 2 aromatic rings. The van der Waals surface area contributed by atoms with Crippen LogP contribution in [0.1, 0.15) is 34.6 Å². The number of carbonyl (C=O) groups is 4. The SMILES string of the molecule is CC(=O)c1ccc(NC(=O)C(C)OC(=O)CNC(=O)c2ccc(Cl)c([N+](=O)[O-])c2)cc1. The van der Waals surface area contributed by atoms with Crippen LogP contribution in [0.5, 0.6) is 0 Å². The standard InChI is InChI=1S/C20H18ClN3O7/c1-11(25)13-3-6-15(7-4-13)23-19(27)12(2)31-18(26)10-22-20(28)14-5-8-16(21)17(9-14)24(29)30/h3-9,12H,10H2,1-2H3,(H,22,28)(H,23,27). The van der Waals surface area contributed by atoms with Gasteiger partial charge in [0, 0.05) is 22.9 Å². The molecule has 0 spiro atoms. The molecule has 0 fully saturated rings. The van der Waals surface area contributed by atoms with E-state index < -0.39 is 41.0 Å². The molecule has 0 aromatic heterocycles. The van der Waals surface area contributed by atoms with E-state index in [0.717, 1.165) is 6.07 Å². The van der Waals surface area contributed by atoms with Gasteiger partial charge in [-0.3, -0.25) is 29.3 Å². The molecule has 2 amide bonds. The van der Waals surface area contributed by atoms with Crippen molar-refractivity contribution in [1.82, 2.24) is 5.32 Å². The van der Waals surface area contributed by atoms with Crippen LogP contribution < -0.4 is 10.6 Å². The maximum Gasteiger partial charge on any atom is 0.326 e. The molecule has 0 aliphatic heterocycles. The van der Waals surface area contributed by atoms with Crippen LogP contribution in [-0.2, 0) is 14.3 Å². The first-order valence-electron chi connectivity index (χ1n) is 8.92. The van der Waals surface area contributed by atoms with Gasteiger partial charge >= 0.3 is 5.97 Å². The molecular formula is C20H18ClN3O7. The second-order valence-electron chi connectivity index (χ2n) is 6.36. The van der Waals surface area contributed by atoms with Crippen LogP contribution in [0.25, 0.3) is 0 Å². The molecule has 0 aliphatic rings. The lowest BCUT2D eigenvalue weighted by Crippen LogP contribution is -2.35. The number of Topliss-reactive ketones (excluding diaryl/α,β-unsaturated/α-hetero) is 1. The van der Waals surface area contributed by atoms with E-state index in [0.29, 0.717) is 11.3 Å². The van der Waals surface area contributed by atoms with Crippen LogP contribution in [-0.4, -0.2) is 41.1 Å². The Kier molecular flexibility index (Phi) is 7.81. The van der Waals surface area contributed by atoms with Crippen LogP contribution in [0.15, 0.2) is 42.5 Å². The summed E-state index contributed by atoms with van der Waals surface area (Å²) in [5, 5.41) is 15.5. The third-order valence-electron chi connectivity index (χ3n) is 4.03. The predicted molar refractivity (Wildman–Crippen MR) is 111 cm³/mol. The van der Waals surface area contributed by atoms with E-state index in [1.165, 1.54) is 38.1 Å². The van der Waals surface area contributed by atoms with Gasteiger partial charge in [0.2, 0.25) is 0 Å². The molecule has 2 rings (SSSR count). The highest BCUT2D eigenvalue weighted by Gasteiger charge is 2.20.